The number of aryl methyl sites for hydroxylation is 1. The van der Waals surface area contributed by atoms with E-state index in [0.29, 0.717) is 0 Å². The number of para-hydroxylation sites is 2. The van der Waals surface area contributed by atoms with Crippen LogP contribution in [0.1, 0.15) is 12.7 Å². The molecule has 0 saturated heterocycles. The van der Waals surface area contributed by atoms with Crippen molar-refractivity contribution in [2.45, 2.75) is 26.9 Å². The Bertz CT molecular complexity index is 620. The number of halogens is 1. The van der Waals surface area contributed by atoms with Gasteiger partial charge in [0, 0.05) is 6.92 Å². The summed E-state index contributed by atoms with van der Waals surface area (Å²) in [6, 6.07) is 8.08. The van der Waals surface area contributed by atoms with Crippen molar-refractivity contribution in [1.29, 1.82) is 0 Å². The van der Waals surface area contributed by atoms with Crippen molar-refractivity contribution in [1.82, 2.24) is 4.57 Å². The lowest BCUT2D eigenvalue weighted by molar-refractivity contribution is -0.667. The van der Waals surface area contributed by atoms with Gasteiger partial charge in [-0.3, -0.25) is 0 Å². The molecule has 0 fully saturated rings. The number of nitrogens with zero attached hydrogens (tertiary/aromatic N) is 2. The molecule has 2 aromatic rings. The Labute approximate surface area is 129 Å². The molecule has 0 aliphatic carbocycles. The van der Waals surface area contributed by atoms with Crippen molar-refractivity contribution in [3.63, 3.8) is 0 Å². The molecule has 1 aromatic heterocycles. The average molecular weight is 339 g/mol. The third-order valence-electron chi connectivity index (χ3n) is 3.21. The number of esters is 1. The van der Waals surface area contributed by atoms with Crippen molar-refractivity contribution in [2.75, 3.05) is 6.61 Å². The zero-order valence-electron chi connectivity index (χ0n) is 11.8. The van der Waals surface area contributed by atoms with Crippen LogP contribution in [0, 0.1) is 6.92 Å². The fourth-order valence-corrected chi connectivity index (χ4v) is 2.34. The van der Waals surface area contributed by atoms with Gasteiger partial charge in [-0.15, -0.1) is 0 Å². The molecule has 20 heavy (non-hydrogen) atoms. The summed E-state index contributed by atoms with van der Waals surface area (Å²) in [6.45, 7) is 9.01. The van der Waals surface area contributed by atoms with Gasteiger partial charge in [0.1, 0.15) is 6.61 Å². The van der Waals surface area contributed by atoms with E-state index in [2.05, 4.69) is 24.1 Å². The molecule has 0 spiro atoms. The van der Waals surface area contributed by atoms with Crippen molar-refractivity contribution in [3.8, 4) is 0 Å². The summed E-state index contributed by atoms with van der Waals surface area (Å²) in [5, 5.41) is 0. The van der Waals surface area contributed by atoms with Crippen molar-refractivity contribution >= 4 is 17.0 Å². The first-order valence-electron chi connectivity index (χ1n) is 6.43. The molecule has 0 aliphatic rings. The minimum absolute atomic E-state index is 0. The minimum atomic E-state index is -0.244. The summed E-state index contributed by atoms with van der Waals surface area (Å²) < 4.78 is 9.24. The minimum Gasteiger partial charge on any atom is -1.00 e. The number of aromatic nitrogens is 2. The quantitative estimate of drug-likeness (QED) is 0.398. The Balaban J connectivity index is 0.00000200. The third-order valence-corrected chi connectivity index (χ3v) is 3.21. The van der Waals surface area contributed by atoms with Gasteiger partial charge in [0.05, 0.1) is 6.54 Å². The Hall–Kier alpha value is -1.62. The predicted molar refractivity (Wildman–Crippen MR) is 73.7 cm³/mol. The monoisotopic (exact) mass is 338 g/mol. The summed E-state index contributed by atoms with van der Waals surface area (Å²) >= 11 is 0. The molecule has 108 valence electrons. The fraction of sp³-hybridized carbons (Fsp3) is 0.333. The number of benzene rings is 1. The maximum atomic E-state index is 11.8. The molecule has 2 rings (SSSR count). The second-order valence-electron chi connectivity index (χ2n) is 4.34. The SMILES string of the molecule is C=CCOC(=O)C[n+]1c(C)n(CC)c2ccccc21.[Br-]. The molecule has 0 unspecified atom stereocenters. The second-order valence-corrected chi connectivity index (χ2v) is 4.34. The van der Waals surface area contributed by atoms with Gasteiger partial charge in [-0.1, -0.05) is 24.8 Å². The van der Waals surface area contributed by atoms with Crippen LogP contribution in [-0.2, 0) is 22.6 Å². The summed E-state index contributed by atoms with van der Waals surface area (Å²) in [4.78, 5) is 11.8. The molecular weight excluding hydrogens is 320 g/mol. The van der Waals surface area contributed by atoms with E-state index in [9.17, 15) is 4.79 Å². The Morgan fingerprint density at radius 2 is 2.15 bits per heavy atom. The zero-order chi connectivity index (χ0) is 13.8. The van der Waals surface area contributed by atoms with E-state index in [1.807, 2.05) is 29.7 Å². The lowest BCUT2D eigenvalue weighted by Gasteiger charge is -2.01. The summed E-state index contributed by atoms with van der Waals surface area (Å²) in [7, 11) is 0. The van der Waals surface area contributed by atoms with E-state index in [0.717, 1.165) is 23.4 Å². The van der Waals surface area contributed by atoms with E-state index in [-0.39, 0.29) is 36.1 Å². The highest BCUT2D eigenvalue weighted by atomic mass is 79.9. The molecule has 0 amide bonds. The number of hydrogen-bond acceptors (Lipinski definition) is 2. The summed E-state index contributed by atoms with van der Waals surface area (Å²) in [5.74, 6) is 0.811. The highest BCUT2D eigenvalue weighted by Gasteiger charge is 2.22. The van der Waals surface area contributed by atoms with E-state index in [4.69, 9.17) is 4.74 Å². The topological polar surface area (TPSA) is 35.1 Å². The first-order chi connectivity index (χ1) is 9.19. The van der Waals surface area contributed by atoms with Crippen LogP contribution in [0.15, 0.2) is 36.9 Å². The Kier molecular flexibility index (Phi) is 5.95. The molecule has 1 aromatic carbocycles. The fourth-order valence-electron chi connectivity index (χ4n) is 2.34. The van der Waals surface area contributed by atoms with Gasteiger partial charge in [-0.2, -0.15) is 0 Å². The van der Waals surface area contributed by atoms with Gasteiger partial charge in [0.25, 0.3) is 5.82 Å². The lowest BCUT2D eigenvalue weighted by Crippen LogP contribution is -3.00. The molecule has 0 aliphatic heterocycles. The van der Waals surface area contributed by atoms with Crippen molar-refractivity contribution in [2.24, 2.45) is 0 Å². The van der Waals surface area contributed by atoms with Crippen LogP contribution in [0.5, 0.6) is 0 Å². The third kappa shape index (κ3) is 3.10. The number of carbonyl (C=O) groups excluding carboxylic acids is 1. The van der Waals surface area contributed by atoms with Crippen LogP contribution in [0.2, 0.25) is 0 Å². The molecule has 0 atom stereocenters. The number of fused-ring (bicyclic) bond motifs is 1. The summed E-state index contributed by atoms with van der Waals surface area (Å²) in [6.07, 6.45) is 1.57. The number of ether oxygens (including phenoxy) is 1. The second kappa shape index (κ2) is 7.24. The maximum absolute atomic E-state index is 11.8. The smallest absolute Gasteiger partial charge is 0.348 e. The molecule has 0 saturated carbocycles. The highest BCUT2D eigenvalue weighted by molar-refractivity contribution is 5.74. The maximum Gasteiger partial charge on any atom is 0.348 e. The first kappa shape index (κ1) is 16.4. The van der Waals surface area contributed by atoms with Gasteiger partial charge < -0.3 is 21.7 Å². The largest absolute Gasteiger partial charge is 1.00 e. The average Bonchev–Trinajstić information content (AvgIpc) is 2.69. The van der Waals surface area contributed by atoms with Gasteiger partial charge in [-0.25, -0.2) is 13.9 Å². The van der Waals surface area contributed by atoms with Crippen LogP contribution in [0.4, 0.5) is 0 Å². The molecule has 0 radical (unpaired) electrons. The Morgan fingerprint density at radius 1 is 1.45 bits per heavy atom. The standard InChI is InChI=1S/C15H19N2O2.BrH/c1-4-10-19-15(18)11-17-12(3)16(5-2)13-8-6-7-9-14(13)17;/h4,6-9H,1,5,10-11H2,2-3H3;1H/q+1;/p-1. The van der Waals surface area contributed by atoms with E-state index in [1.165, 1.54) is 0 Å². The van der Waals surface area contributed by atoms with Crippen LogP contribution in [-0.4, -0.2) is 17.1 Å². The van der Waals surface area contributed by atoms with Crippen molar-refractivity contribution in [3.05, 3.63) is 42.7 Å². The number of rotatable bonds is 5. The first-order valence-corrected chi connectivity index (χ1v) is 6.43. The number of imidazole rings is 1. The van der Waals surface area contributed by atoms with Crippen LogP contribution in [0.3, 0.4) is 0 Å². The van der Waals surface area contributed by atoms with E-state index < -0.39 is 0 Å². The van der Waals surface area contributed by atoms with Crippen LogP contribution in [0.25, 0.3) is 11.0 Å². The van der Waals surface area contributed by atoms with E-state index in [1.54, 1.807) is 6.08 Å². The van der Waals surface area contributed by atoms with Crippen LogP contribution >= 0.6 is 0 Å². The predicted octanol–water partition coefficient (Wildman–Crippen LogP) is -1.01. The zero-order valence-corrected chi connectivity index (χ0v) is 13.4. The summed E-state index contributed by atoms with van der Waals surface area (Å²) in [5.41, 5.74) is 2.19. The number of carbonyl (C=O) groups is 1. The van der Waals surface area contributed by atoms with Crippen molar-refractivity contribution < 1.29 is 31.1 Å². The van der Waals surface area contributed by atoms with E-state index >= 15 is 0 Å². The van der Waals surface area contributed by atoms with Gasteiger partial charge in [0.2, 0.25) is 0 Å². The normalized spacial score (nSPS) is 10.1. The highest BCUT2D eigenvalue weighted by Crippen LogP contribution is 2.13. The molecule has 0 bridgehead atoms. The van der Waals surface area contributed by atoms with Gasteiger partial charge in [0.15, 0.2) is 17.6 Å². The Morgan fingerprint density at radius 3 is 2.80 bits per heavy atom. The molecular formula is C15H19BrN2O2. The van der Waals surface area contributed by atoms with Gasteiger partial charge >= 0.3 is 5.97 Å². The molecule has 1 heterocycles. The molecule has 4 nitrogen and oxygen atoms in total. The lowest BCUT2D eigenvalue weighted by atomic mass is 10.3. The van der Waals surface area contributed by atoms with Crippen LogP contribution < -0.4 is 21.5 Å². The number of hydrogen-bond donors (Lipinski definition) is 0. The molecule has 0 N–H and O–H groups in total. The van der Waals surface area contributed by atoms with Gasteiger partial charge in [-0.05, 0) is 19.1 Å². The molecule has 5 heteroatoms.